The quantitative estimate of drug-likeness (QED) is 0.779. The minimum atomic E-state index is -0.203. The third-order valence-corrected chi connectivity index (χ3v) is 5.73. The number of nitrogens with zero attached hydrogens (tertiary/aromatic N) is 3. The second kappa shape index (κ2) is 7.87. The van der Waals surface area contributed by atoms with Gasteiger partial charge in [-0.1, -0.05) is 30.2 Å². The van der Waals surface area contributed by atoms with E-state index in [0.717, 1.165) is 43.0 Å². The number of piperidine rings is 1. The molecule has 0 bridgehead atoms. The molecule has 1 aromatic heterocycles. The monoisotopic (exact) mass is 385 g/mol. The van der Waals surface area contributed by atoms with Crippen LogP contribution in [0.15, 0.2) is 52.2 Å². The molecule has 1 saturated heterocycles. The summed E-state index contributed by atoms with van der Waals surface area (Å²) in [6.07, 6.45) is 5.83. The molecule has 0 unspecified atom stereocenters. The molecule has 2 aromatic rings. The number of halogens is 1. The third kappa shape index (κ3) is 3.80. The fourth-order valence-corrected chi connectivity index (χ4v) is 4.01. The van der Waals surface area contributed by atoms with Crippen LogP contribution in [0, 0.1) is 0 Å². The van der Waals surface area contributed by atoms with Gasteiger partial charge in [0, 0.05) is 11.4 Å². The van der Waals surface area contributed by atoms with Crippen molar-refractivity contribution in [2.45, 2.75) is 44.7 Å². The first kappa shape index (κ1) is 18.3. The highest BCUT2D eigenvalue weighted by Gasteiger charge is 2.38. The minimum Gasteiger partial charge on any atom is -0.467 e. The van der Waals surface area contributed by atoms with Crippen LogP contribution in [0.1, 0.15) is 50.0 Å². The lowest BCUT2D eigenvalue weighted by atomic mass is 10.0. The van der Waals surface area contributed by atoms with Gasteiger partial charge in [-0.3, -0.25) is 9.69 Å². The van der Waals surface area contributed by atoms with Crippen LogP contribution in [0.25, 0.3) is 0 Å². The molecule has 1 fully saturated rings. The predicted octanol–water partition coefficient (Wildman–Crippen LogP) is 4.49. The molecule has 2 aliphatic rings. The van der Waals surface area contributed by atoms with Gasteiger partial charge in [0.15, 0.2) is 0 Å². The van der Waals surface area contributed by atoms with Gasteiger partial charge in [-0.15, -0.1) is 0 Å². The molecule has 6 heteroatoms. The van der Waals surface area contributed by atoms with Crippen molar-refractivity contribution in [2.75, 3.05) is 13.1 Å². The first-order chi connectivity index (χ1) is 13.1. The van der Waals surface area contributed by atoms with E-state index in [1.54, 1.807) is 11.3 Å². The highest BCUT2D eigenvalue weighted by molar-refractivity contribution is 6.30. The largest absolute Gasteiger partial charge is 0.467 e. The Bertz CT molecular complexity index is 810. The number of amides is 1. The summed E-state index contributed by atoms with van der Waals surface area (Å²) in [5, 5.41) is 7.03. The fraction of sp³-hybridized carbons (Fsp3) is 0.429. The Hall–Kier alpha value is -2.11. The highest BCUT2D eigenvalue weighted by Crippen LogP contribution is 2.34. The molecular formula is C21H24ClN3O2. The van der Waals surface area contributed by atoms with Crippen LogP contribution in [0.5, 0.6) is 0 Å². The lowest BCUT2D eigenvalue weighted by Gasteiger charge is -2.33. The smallest absolute Gasteiger partial charge is 0.260 e. The lowest BCUT2D eigenvalue weighted by Crippen LogP contribution is -2.47. The van der Waals surface area contributed by atoms with Gasteiger partial charge in [0.25, 0.3) is 5.91 Å². The van der Waals surface area contributed by atoms with E-state index in [1.165, 1.54) is 6.42 Å². The maximum atomic E-state index is 13.3. The topological polar surface area (TPSA) is 49.1 Å². The number of rotatable bonds is 4. The predicted molar refractivity (Wildman–Crippen MR) is 106 cm³/mol. The Morgan fingerprint density at radius 2 is 1.93 bits per heavy atom. The molecule has 1 aromatic carbocycles. The number of carbonyl (C=O) groups excluding carboxylic acids is 1. The number of hydrogen-bond donors (Lipinski definition) is 0. The van der Waals surface area contributed by atoms with Crippen LogP contribution >= 0.6 is 11.6 Å². The molecule has 0 saturated carbocycles. The van der Waals surface area contributed by atoms with E-state index in [0.29, 0.717) is 11.4 Å². The Kier molecular flexibility index (Phi) is 5.32. The summed E-state index contributed by atoms with van der Waals surface area (Å²) in [6, 6.07) is 11.0. The molecule has 5 nitrogen and oxygen atoms in total. The molecule has 2 atom stereocenters. The van der Waals surface area contributed by atoms with Crippen LogP contribution < -0.4 is 0 Å². The van der Waals surface area contributed by atoms with Gasteiger partial charge in [0.1, 0.15) is 11.8 Å². The molecule has 27 heavy (non-hydrogen) atoms. The molecule has 2 aliphatic heterocycles. The van der Waals surface area contributed by atoms with Crippen molar-refractivity contribution in [2.24, 2.45) is 5.10 Å². The van der Waals surface area contributed by atoms with Crippen LogP contribution in [0.4, 0.5) is 0 Å². The van der Waals surface area contributed by atoms with E-state index in [4.69, 9.17) is 21.1 Å². The molecule has 142 valence electrons. The standard InChI is InChI=1S/C21H24ClN3O2/c1-15(24-11-3-2-4-12-24)21(26)25-19(20-6-5-13-27-20)14-18(23-25)16-7-9-17(22)10-8-16/h5-10,13,15,19H,2-4,11-12,14H2,1H3/t15-,19+/m0/s1. The fourth-order valence-electron chi connectivity index (χ4n) is 3.89. The molecule has 3 heterocycles. The zero-order chi connectivity index (χ0) is 18.8. The molecule has 0 spiro atoms. The molecule has 4 rings (SSSR count). The number of likely N-dealkylation sites (tertiary alicyclic amines) is 1. The van der Waals surface area contributed by atoms with E-state index in [9.17, 15) is 4.79 Å². The maximum Gasteiger partial charge on any atom is 0.260 e. The van der Waals surface area contributed by atoms with Crippen molar-refractivity contribution < 1.29 is 9.21 Å². The second-order valence-corrected chi connectivity index (χ2v) is 7.68. The highest BCUT2D eigenvalue weighted by atomic mass is 35.5. The van der Waals surface area contributed by atoms with Crippen molar-refractivity contribution in [3.05, 3.63) is 59.0 Å². The Morgan fingerprint density at radius 1 is 1.19 bits per heavy atom. The zero-order valence-electron chi connectivity index (χ0n) is 15.5. The van der Waals surface area contributed by atoms with Crippen molar-refractivity contribution in [1.82, 2.24) is 9.91 Å². The van der Waals surface area contributed by atoms with Gasteiger partial charge < -0.3 is 4.42 Å². The lowest BCUT2D eigenvalue weighted by molar-refractivity contribution is -0.139. The average Bonchev–Trinajstić information content (AvgIpc) is 3.38. The second-order valence-electron chi connectivity index (χ2n) is 7.24. The first-order valence-corrected chi connectivity index (χ1v) is 9.95. The zero-order valence-corrected chi connectivity index (χ0v) is 16.2. The molecule has 0 aliphatic carbocycles. The molecule has 1 amide bonds. The average molecular weight is 386 g/mol. The Morgan fingerprint density at radius 3 is 2.59 bits per heavy atom. The number of hydrogen-bond acceptors (Lipinski definition) is 4. The van der Waals surface area contributed by atoms with E-state index >= 15 is 0 Å². The number of hydrazone groups is 1. The normalized spacial score (nSPS) is 21.9. The number of benzene rings is 1. The summed E-state index contributed by atoms with van der Waals surface area (Å²) >= 11 is 6.01. The Labute approximate surface area is 164 Å². The summed E-state index contributed by atoms with van der Waals surface area (Å²) in [5.41, 5.74) is 1.86. The summed E-state index contributed by atoms with van der Waals surface area (Å²) < 4.78 is 5.62. The van der Waals surface area contributed by atoms with Crippen LogP contribution in [0.2, 0.25) is 5.02 Å². The van der Waals surface area contributed by atoms with Crippen LogP contribution in [-0.4, -0.2) is 40.7 Å². The van der Waals surface area contributed by atoms with Crippen molar-refractivity contribution in [3.8, 4) is 0 Å². The van der Waals surface area contributed by atoms with Crippen LogP contribution in [-0.2, 0) is 4.79 Å². The van der Waals surface area contributed by atoms with Crippen molar-refractivity contribution in [3.63, 3.8) is 0 Å². The van der Waals surface area contributed by atoms with Gasteiger partial charge in [-0.05, 0) is 62.7 Å². The van der Waals surface area contributed by atoms with E-state index < -0.39 is 0 Å². The van der Waals surface area contributed by atoms with Crippen molar-refractivity contribution in [1.29, 1.82) is 0 Å². The minimum absolute atomic E-state index is 0.0299. The first-order valence-electron chi connectivity index (χ1n) is 9.57. The van der Waals surface area contributed by atoms with Crippen molar-refractivity contribution >= 4 is 23.2 Å². The third-order valence-electron chi connectivity index (χ3n) is 5.48. The summed E-state index contributed by atoms with van der Waals surface area (Å²) in [7, 11) is 0. The SMILES string of the molecule is C[C@@H](C(=O)N1N=C(c2ccc(Cl)cc2)C[C@@H]1c1ccco1)N1CCCCC1. The van der Waals surface area contributed by atoms with Gasteiger partial charge in [-0.25, -0.2) is 5.01 Å². The number of carbonyl (C=O) groups is 1. The molecule has 0 N–H and O–H groups in total. The van der Waals surface area contributed by atoms with Gasteiger partial charge in [0.05, 0.1) is 18.0 Å². The Balaban J connectivity index is 1.61. The summed E-state index contributed by atoms with van der Waals surface area (Å²) in [4.78, 5) is 15.6. The van der Waals surface area contributed by atoms with E-state index in [-0.39, 0.29) is 18.0 Å². The number of furan rings is 1. The van der Waals surface area contributed by atoms with Crippen LogP contribution in [0.3, 0.4) is 0 Å². The van der Waals surface area contributed by atoms with E-state index in [1.807, 2.05) is 43.3 Å². The van der Waals surface area contributed by atoms with E-state index in [2.05, 4.69) is 4.90 Å². The van der Waals surface area contributed by atoms with Gasteiger partial charge >= 0.3 is 0 Å². The van der Waals surface area contributed by atoms with Gasteiger partial charge in [-0.2, -0.15) is 5.10 Å². The summed E-state index contributed by atoms with van der Waals surface area (Å²) in [5.74, 6) is 0.796. The molecular weight excluding hydrogens is 362 g/mol. The summed E-state index contributed by atoms with van der Waals surface area (Å²) in [6.45, 7) is 3.93. The molecule has 0 radical (unpaired) electrons. The van der Waals surface area contributed by atoms with Gasteiger partial charge in [0.2, 0.25) is 0 Å². The maximum absolute atomic E-state index is 13.3.